The lowest BCUT2D eigenvalue weighted by molar-refractivity contribution is 0.122. The van der Waals surface area contributed by atoms with E-state index in [1.165, 1.54) is 23.5 Å². The zero-order chi connectivity index (χ0) is 21.9. The predicted octanol–water partition coefficient (Wildman–Crippen LogP) is 3.12. The van der Waals surface area contributed by atoms with E-state index in [9.17, 15) is 9.18 Å². The van der Waals surface area contributed by atoms with Gasteiger partial charge in [0.05, 0.1) is 18.9 Å². The second kappa shape index (κ2) is 10.6. The average Bonchev–Trinajstić information content (AvgIpc) is 3.30. The number of piperidine rings is 1. The van der Waals surface area contributed by atoms with E-state index in [0.717, 1.165) is 31.5 Å². The van der Waals surface area contributed by atoms with Crippen molar-refractivity contribution in [2.24, 2.45) is 0 Å². The molecule has 33 heavy (non-hydrogen) atoms. The molecule has 8 nitrogen and oxygen atoms in total. The molecule has 1 atom stereocenters. The molecule has 1 aromatic carbocycles. The summed E-state index contributed by atoms with van der Waals surface area (Å²) in [5.74, 6) is 0.795. The molecule has 3 N–H and O–H groups in total. The number of rotatable bonds is 5. The highest BCUT2D eigenvalue weighted by atomic mass is 35.5. The van der Waals surface area contributed by atoms with Gasteiger partial charge in [-0.3, -0.25) is 9.78 Å². The third-order valence-corrected chi connectivity index (χ3v) is 6.57. The van der Waals surface area contributed by atoms with Crippen LogP contribution in [0.1, 0.15) is 12.8 Å². The molecule has 0 aliphatic carbocycles. The minimum atomic E-state index is -0.295. The van der Waals surface area contributed by atoms with Crippen molar-refractivity contribution in [1.82, 2.24) is 20.3 Å². The van der Waals surface area contributed by atoms with Crippen molar-refractivity contribution >= 4 is 35.5 Å². The summed E-state index contributed by atoms with van der Waals surface area (Å²) in [7, 11) is 0. The van der Waals surface area contributed by atoms with E-state index in [1.54, 1.807) is 12.1 Å². The highest BCUT2D eigenvalue weighted by molar-refractivity contribution is 7.13. The number of H-pyrrole nitrogens is 1. The van der Waals surface area contributed by atoms with Crippen LogP contribution < -0.4 is 21.1 Å². The first-order valence-corrected chi connectivity index (χ1v) is 11.7. The topological polar surface area (TPSA) is 95.2 Å². The minimum absolute atomic E-state index is 0. The molecule has 2 fully saturated rings. The summed E-state index contributed by atoms with van der Waals surface area (Å²) in [5.41, 5.74) is 1.71. The van der Waals surface area contributed by atoms with Gasteiger partial charge >= 0.3 is 0 Å². The van der Waals surface area contributed by atoms with Crippen LogP contribution in [0.15, 0.2) is 34.4 Å². The lowest BCUT2D eigenvalue weighted by Crippen LogP contribution is -2.40. The minimum Gasteiger partial charge on any atom is -0.378 e. The number of halogens is 2. The molecule has 2 saturated heterocycles. The summed E-state index contributed by atoms with van der Waals surface area (Å²) in [6.45, 7) is 4.39. The van der Waals surface area contributed by atoms with Crippen molar-refractivity contribution in [1.29, 1.82) is 0 Å². The number of hydrogen-bond donors (Lipinski definition) is 3. The SMILES string of the molecule is Cl.O=c1[nH]c(N2CCOCC2)nc(N[C@@H]2CCCNC2)c1-c1nc(-c2ccc(F)cc2)cs1. The van der Waals surface area contributed by atoms with Gasteiger partial charge in [0, 0.05) is 36.6 Å². The number of thiazole rings is 1. The molecule has 2 aliphatic rings. The molecule has 2 aliphatic heterocycles. The van der Waals surface area contributed by atoms with Crippen molar-refractivity contribution in [2.75, 3.05) is 49.6 Å². The van der Waals surface area contributed by atoms with Crippen LogP contribution in [-0.4, -0.2) is 60.4 Å². The van der Waals surface area contributed by atoms with Crippen LogP contribution in [0.25, 0.3) is 21.8 Å². The molecule has 0 amide bonds. The zero-order valence-electron chi connectivity index (χ0n) is 18.0. The van der Waals surface area contributed by atoms with Gasteiger partial charge in [0.25, 0.3) is 5.56 Å². The van der Waals surface area contributed by atoms with E-state index >= 15 is 0 Å². The van der Waals surface area contributed by atoms with Gasteiger partial charge in [0.1, 0.15) is 22.2 Å². The highest BCUT2D eigenvalue weighted by Crippen LogP contribution is 2.32. The number of aromatic nitrogens is 3. The smallest absolute Gasteiger partial charge is 0.264 e. The van der Waals surface area contributed by atoms with Gasteiger partial charge in [-0.25, -0.2) is 9.37 Å². The van der Waals surface area contributed by atoms with Crippen LogP contribution in [0.4, 0.5) is 16.2 Å². The van der Waals surface area contributed by atoms with Gasteiger partial charge in [-0.1, -0.05) is 0 Å². The molecule has 0 saturated carbocycles. The fraction of sp³-hybridized carbons (Fsp3) is 0.409. The van der Waals surface area contributed by atoms with Crippen LogP contribution in [-0.2, 0) is 4.74 Å². The third kappa shape index (κ3) is 5.35. The first-order valence-electron chi connectivity index (χ1n) is 10.8. The first-order chi connectivity index (χ1) is 15.7. The molecule has 5 rings (SSSR count). The van der Waals surface area contributed by atoms with Gasteiger partial charge in [-0.2, -0.15) is 4.98 Å². The molecule has 0 bridgehead atoms. The number of hydrogen-bond acceptors (Lipinski definition) is 8. The van der Waals surface area contributed by atoms with E-state index in [2.05, 4.69) is 20.6 Å². The van der Waals surface area contributed by atoms with E-state index in [-0.39, 0.29) is 29.8 Å². The van der Waals surface area contributed by atoms with Crippen molar-refractivity contribution in [3.63, 3.8) is 0 Å². The van der Waals surface area contributed by atoms with E-state index in [4.69, 9.17) is 9.72 Å². The largest absolute Gasteiger partial charge is 0.378 e. The van der Waals surface area contributed by atoms with Gasteiger partial charge in [0.2, 0.25) is 5.95 Å². The lowest BCUT2D eigenvalue weighted by Gasteiger charge is -2.29. The maximum Gasteiger partial charge on any atom is 0.264 e. The van der Waals surface area contributed by atoms with E-state index in [0.29, 0.717) is 54.3 Å². The molecule has 2 aromatic heterocycles. The Morgan fingerprint density at radius 3 is 2.70 bits per heavy atom. The van der Waals surface area contributed by atoms with Gasteiger partial charge in [0.15, 0.2) is 0 Å². The molecule has 3 aromatic rings. The molecule has 11 heteroatoms. The van der Waals surface area contributed by atoms with Crippen molar-refractivity contribution in [3.05, 3.63) is 45.8 Å². The number of ether oxygens (including phenoxy) is 1. The number of benzene rings is 1. The Hall–Kier alpha value is -2.53. The molecule has 0 spiro atoms. The maximum absolute atomic E-state index is 13.3. The number of anilines is 2. The number of nitrogens with one attached hydrogen (secondary N) is 3. The summed E-state index contributed by atoms with van der Waals surface area (Å²) in [6.07, 6.45) is 2.07. The fourth-order valence-electron chi connectivity index (χ4n) is 4.00. The van der Waals surface area contributed by atoms with Crippen molar-refractivity contribution < 1.29 is 9.13 Å². The molecule has 0 radical (unpaired) electrons. The summed E-state index contributed by atoms with van der Waals surface area (Å²) in [6, 6.07) is 6.37. The third-order valence-electron chi connectivity index (χ3n) is 5.71. The molecular formula is C22H26ClFN6O2S. The monoisotopic (exact) mass is 492 g/mol. The van der Waals surface area contributed by atoms with Crippen LogP contribution >= 0.6 is 23.7 Å². The highest BCUT2D eigenvalue weighted by Gasteiger charge is 2.23. The van der Waals surface area contributed by atoms with Gasteiger partial charge < -0.3 is 20.3 Å². The Kier molecular flexibility index (Phi) is 7.59. The van der Waals surface area contributed by atoms with Crippen LogP contribution in [0.2, 0.25) is 0 Å². The van der Waals surface area contributed by atoms with Gasteiger partial charge in [-0.15, -0.1) is 23.7 Å². The lowest BCUT2D eigenvalue weighted by atomic mass is 10.1. The average molecular weight is 493 g/mol. The van der Waals surface area contributed by atoms with Crippen LogP contribution in [0.5, 0.6) is 0 Å². The Bertz CT molecular complexity index is 1130. The summed E-state index contributed by atoms with van der Waals surface area (Å²) in [4.78, 5) is 27.7. The zero-order valence-corrected chi connectivity index (χ0v) is 19.6. The summed E-state index contributed by atoms with van der Waals surface area (Å²) >= 11 is 1.38. The quantitative estimate of drug-likeness (QED) is 0.503. The summed E-state index contributed by atoms with van der Waals surface area (Å²) < 4.78 is 18.7. The van der Waals surface area contributed by atoms with E-state index in [1.807, 2.05) is 10.3 Å². The van der Waals surface area contributed by atoms with Crippen LogP contribution in [0, 0.1) is 5.82 Å². The number of nitrogens with zero attached hydrogens (tertiary/aromatic N) is 3. The second-order valence-electron chi connectivity index (χ2n) is 7.94. The van der Waals surface area contributed by atoms with Crippen molar-refractivity contribution in [3.8, 4) is 21.8 Å². The normalized spacial score (nSPS) is 18.6. The van der Waals surface area contributed by atoms with Gasteiger partial charge in [-0.05, 0) is 43.7 Å². The first kappa shape index (κ1) is 23.6. The summed E-state index contributed by atoms with van der Waals surface area (Å²) in [5, 5.41) is 9.34. The van der Waals surface area contributed by atoms with E-state index < -0.39 is 0 Å². The van der Waals surface area contributed by atoms with Crippen molar-refractivity contribution in [2.45, 2.75) is 18.9 Å². The second-order valence-corrected chi connectivity index (χ2v) is 8.80. The van der Waals surface area contributed by atoms with Crippen LogP contribution in [0.3, 0.4) is 0 Å². The maximum atomic E-state index is 13.3. The Labute approximate surface area is 201 Å². The number of morpholine rings is 1. The number of aromatic amines is 1. The Morgan fingerprint density at radius 2 is 1.97 bits per heavy atom. The Balaban J connectivity index is 0.00000259. The molecule has 0 unspecified atom stereocenters. The Morgan fingerprint density at radius 1 is 1.18 bits per heavy atom. The molecular weight excluding hydrogens is 467 g/mol. The fourth-order valence-corrected chi connectivity index (χ4v) is 4.87. The molecule has 4 heterocycles. The predicted molar refractivity (Wildman–Crippen MR) is 131 cm³/mol. The molecule has 176 valence electrons. The standard InChI is InChI=1S/C22H25FN6O2S.ClH/c23-15-5-3-14(4-6-15)17-13-32-21(26-17)18-19(25-16-2-1-7-24-12-16)27-22(28-20(18)30)29-8-10-31-11-9-29;/h3-6,13,16,24H,1-2,7-12H2,(H2,25,27,28,30);1H/t16-;/m1./s1.